The molecule has 0 amide bonds. The first-order valence-electron chi connectivity index (χ1n) is 2.89. The first kappa shape index (κ1) is 8.71. The predicted molar refractivity (Wildman–Crippen MR) is 33.8 cm³/mol. The van der Waals surface area contributed by atoms with Crippen LogP contribution in [-0.4, -0.2) is 44.8 Å². The molecule has 1 heterocycles. The molecule has 5 N–H and O–H groups in total. The van der Waals surface area contributed by atoms with Crippen molar-refractivity contribution < 1.29 is 25.0 Å². The summed E-state index contributed by atoms with van der Waals surface area (Å²) >= 11 is 0. The van der Waals surface area contributed by atoms with E-state index in [-0.39, 0.29) is 0 Å². The number of guanidine groups is 1. The van der Waals surface area contributed by atoms with Crippen LogP contribution in [0.5, 0.6) is 0 Å². The lowest BCUT2D eigenvalue weighted by atomic mass is 10.5. The molecule has 1 aliphatic rings. The fraction of sp³-hybridized carbons (Fsp3) is 0.500. The zero-order valence-electron chi connectivity index (χ0n) is 5.84. The lowest BCUT2D eigenvalue weighted by Crippen LogP contribution is -2.58. The number of hydrogen-bond acceptors (Lipinski definition) is 8. The molecule has 8 nitrogen and oxygen atoms in total. The van der Waals surface area contributed by atoms with E-state index in [1.807, 2.05) is 0 Å². The molecule has 0 unspecified atom stereocenters. The number of nitrogens with two attached hydrogens (primary N) is 1. The van der Waals surface area contributed by atoms with Gasteiger partial charge in [0.05, 0.1) is 0 Å². The van der Waals surface area contributed by atoms with Crippen LogP contribution in [0.3, 0.4) is 0 Å². The van der Waals surface area contributed by atoms with E-state index in [1.54, 1.807) is 0 Å². The van der Waals surface area contributed by atoms with E-state index >= 15 is 0 Å². The van der Waals surface area contributed by atoms with Gasteiger partial charge in [-0.3, -0.25) is 4.90 Å². The number of rotatable bonds is 1. The van der Waals surface area contributed by atoms with Gasteiger partial charge in [-0.1, -0.05) is 0 Å². The number of oxime groups is 1. The summed E-state index contributed by atoms with van der Waals surface area (Å²) in [6.07, 6.45) is -3.20. The van der Waals surface area contributed by atoms with E-state index in [4.69, 9.17) is 21.1 Å². The summed E-state index contributed by atoms with van der Waals surface area (Å²) in [5.41, 5.74) is 5.05. The van der Waals surface area contributed by atoms with E-state index in [0.29, 0.717) is 4.90 Å². The van der Waals surface area contributed by atoms with Crippen LogP contribution >= 0.6 is 0 Å². The van der Waals surface area contributed by atoms with Crippen LogP contribution in [0.4, 0.5) is 0 Å². The third-order valence-electron chi connectivity index (χ3n) is 1.17. The van der Waals surface area contributed by atoms with Crippen LogP contribution < -0.4 is 5.73 Å². The maximum absolute atomic E-state index is 10.5. The van der Waals surface area contributed by atoms with Crippen molar-refractivity contribution in [1.82, 2.24) is 4.90 Å². The van der Waals surface area contributed by atoms with Crippen molar-refractivity contribution >= 4 is 11.9 Å². The van der Waals surface area contributed by atoms with Crippen molar-refractivity contribution in [2.45, 2.75) is 6.10 Å². The van der Waals surface area contributed by atoms with Gasteiger partial charge in [-0.25, -0.2) is 4.79 Å². The number of hydrogen-bond donors (Lipinski definition) is 4. The van der Waals surface area contributed by atoms with Crippen molar-refractivity contribution in [3.05, 3.63) is 0 Å². The van der Waals surface area contributed by atoms with E-state index in [9.17, 15) is 4.79 Å². The summed E-state index contributed by atoms with van der Waals surface area (Å²) in [7, 11) is 0. The van der Waals surface area contributed by atoms with E-state index in [1.165, 1.54) is 0 Å². The standard InChI is InChI=1S/C4H7N3O5/c5-3-6-12-2(8)1-7(3)4(9,10)11/h9-11H,1H2,(H2,5,6). The maximum atomic E-state index is 10.5. The second-order valence-electron chi connectivity index (χ2n) is 2.10. The summed E-state index contributed by atoms with van der Waals surface area (Å²) in [6, 6.07) is 0. The Morgan fingerprint density at radius 2 is 2.17 bits per heavy atom. The molecule has 0 atom stereocenters. The van der Waals surface area contributed by atoms with Crippen molar-refractivity contribution in [3.8, 4) is 0 Å². The number of carbonyl (C=O) groups excluding carboxylic acids is 1. The van der Waals surface area contributed by atoms with Gasteiger partial charge in [0.15, 0.2) is 0 Å². The molecule has 8 heteroatoms. The van der Waals surface area contributed by atoms with Crippen LogP contribution in [0.1, 0.15) is 0 Å². The molecule has 0 aromatic heterocycles. The van der Waals surface area contributed by atoms with Gasteiger partial charge in [-0.05, 0) is 5.16 Å². The Kier molecular flexibility index (Phi) is 1.88. The van der Waals surface area contributed by atoms with Crippen molar-refractivity contribution in [1.29, 1.82) is 0 Å². The Labute approximate surface area is 66.4 Å². The van der Waals surface area contributed by atoms with Crippen LogP contribution in [0.15, 0.2) is 5.16 Å². The fourth-order valence-electron chi connectivity index (χ4n) is 0.646. The molecule has 0 saturated carbocycles. The summed E-state index contributed by atoms with van der Waals surface area (Å²) in [5.74, 6) is -1.35. The summed E-state index contributed by atoms with van der Waals surface area (Å²) in [4.78, 5) is 14.9. The molecule has 1 aliphatic heterocycles. The molecular formula is C4H7N3O5. The van der Waals surface area contributed by atoms with Crippen LogP contribution in [0, 0.1) is 0 Å². The van der Waals surface area contributed by atoms with Crippen LogP contribution in [-0.2, 0) is 9.63 Å². The summed E-state index contributed by atoms with van der Waals surface area (Å²) in [6.45, 7) is -0.584. The molecule has 0 aromatic rings. The lowest BCUT2D eigenvalue weighted by molar-refractivity contribution is -0.375. The molecule has 0 spiro atoms. The van der Waals surface area contributed by atoms with E-state index in [0.717, 1.165) is 0 Å². The first-order valence-corrected chi connectivity index (χ1v) is 2.89. The quantitative estimate of drug-likeness (QED) is 0.243. The van der Waals surface area contributed by atoms with Crippen LogP contribution in [0.2, 0.25) is 0 Å². The number of aliphatic hydroxyl groups is 3. The van der Waals surface area contributed by atoms with Crippen molar-refractivity contribution in [2.24, 2.45) is 10.9 Å². The number of nitrogens with zero attached hydrogens (tertiary/aromatic N) is 2. The SMILES string of the molecule is NC1=NOC(=O)CN1C(O)(O)O. The van der Waals surface area contributed by atoms with Gasteiger partial charge in [0, 0.05) is 0 Å². The zero-order chi connectivity index (χ0) is 9.35. The van der Waals surface area contributed by atoms with Gasteiger partial charge in [0.1, 0.15) is 6.54 Å². The molecule has 0 bridgehead atoms. The molecule has 0 radical (unpaired) electrons. The minimum Gasteiger partial charge on any atom is -0.367 e. The Bertz CT molecular complexity index is 231. The minimum absolute atomic E-state index is 0.360. The molecule has 0 fully saturated rings. The second-order valence-corrected chi connectivity index (χ2v) is 2.10. The average molecular weight is 177 g/mol. The first-order chi connectivity index (χ1) is 5.41. The molecule has 1 rings (SSSR count). The van der Waals surface area contributed by atoms with Crippen LogP contribution in [0.25, 0.3) is 0 Å². The highest BCUT2D eigenvalue weighted by molar-refractivity contribution is 5.86. The average Bonchev–Trinajstić information content (AvgIpc) is 1.92. The summed E-state index contributed by atoms with van der Waals surface area (Å²) < 4.78 is 0. The van der Waals surface area contributed by atoms with Gasteiger partial charge in [-0.15, -0.1) is 0 Å². The van der Waals surface area contributed by atoms with Gasteiger partial charge in [-0.2, -0.15) is 0 Å². The minimum atomic E-state index is -3.20. The van der Waals surface area contributed by atoms with E-state index in [2.05, 4.69) is 9.99 Å². The van der Waals surface area contributed by atoms with Crippen molar-refractivity contribution in [2.75, 3.05) is 6.54 Å². The second kappa shape index (κ2) is 2.59. The highest BCUT2D eigenvalue weighted by Gasteiger charge is 2.36. The molecular weight excluding hydrogens is 170 g/mol. The Balaban J connectivity index is 2.83. The monoisotopic (exact) mass is 177 g/mol. The molecule has 0 aliphatic carbocycles. The zero-order valence-corrected chi connectivity index (χ0v) is 5.84. The normalized spacial score (nSPS) is 18.8. The third-order valence-corrected chi connectivity index (χ3v) is 1.17. The molecule has 0 aromatic carbocycles. The van der Waals surface area contributed by atoms with Gasteiger partial charge < -0.3 is 25.9 Å². The van der Waals surface area contributed by atoms with Gasteiger partial charge >= 0.3 is 12.1 Å². The fourth-order valence-corrected chi connectivity index (χ4v) is 0.646. The smallest absolute Gasteiger partial charge is 0.367 e. The Hall–Kier alpha value is -1.38. The van der Waals surface area contributed by atoms with Crippen molar-refractivity contribution in [3.63, 3.8) is 0 Å². The third kappa shape index (κ3) is 1.61. The van der Waals surface area contributed by atoms with Gasteiger partial charge in [0.25, 0.3) is 0 Å². The molecule has 12 heavy (non-hydrogen) atoms. The lowest BCUT2D eigenvalue weighted by Gasteiger charge is -2.30. The Morgan fingerprint density at radius 1 is 1.58 bits per heavy atom. The Morgan fingerprint density at radius 3 is 2.58 bits per heavy atom. The highest BCUT2D eigenvalue weighted by atomic mass is 16.7. The largest absolute Gasteiger partial charge is 0.372 e. The topological polar surface area (TPSA) is 129 Å². The van der Waals surface area contributed by atoms with E-state index < -0.39 is 24.6 Å². The predicted octanol–water partition coefficient (Wildman–Crippen LogP) is -3.34. The highest BCUT2D eigenvalue weighted by Crippen LogP contribution is 2.07. The number of carbonyl (C=O) groups is 1. The summed E-state index contributed by atoms with van der Waals surface area (Å²) in [5, 5.41) is 28.7. The molecule has 68 valence electrons. The maximum Gasteiger partial charge on any atom is 0.372 e. The van der Waals surface area contributed by atoms with Gasteiger partial charge in [0.2, 0.25) is 5.96 Å². The molecule has 0 saturated heterocycles.